The molecule has 1 heterocycles. The van der Waals surface area contributed by atoms with Crippen LogP contribution in [0.15, 0.2) is 42.6 Å². The van der Waals surface area contributed by atoms with Crippen LogP contribution >= 0.6 is 7.14 Å². The average molecular weight is 525 g/mol. The molecule has 192 valence electrons. The van der Waals surface area contributed by atoms with E-state index in [4.69, 9.17) is 4.84 Å². The van der Waals surface area contributed by atoms with E-state index in [0.29, 0.717) is 17.1 Å². The summed E-state index contributed by atoms with van der Waals surface area (Å²) in [6.07, 6.45) is -4.19. The predicted octanol–water partition coefficient (Wildman–Crippen LogP) is 5.36. The molecule has 2 aromatic carbocycles. The van der Waals surface area contributed by atoms with Crippen molar-refractivity contribution in [2.24, 2.45) is 0 Å². The van der Waals surface area contributed by atoms with E-state index in [0.717, 1.165) is 6.07 Å². The summed E-state index contributed by atoms with van der Waals surface area (Å²) in [5, 5.41) is 5.66. The van der Waals surface area contributed by atoms with Crippen LogP contribution in [0.25, 0.3) is 0 Å². The fourth-order valence-corrected chi connectivity index (χ4v) is 4.38. The Hall–Kier alpha value is -3.50. The number of alkyl halides is 3. The maximum Gasteiger partial charge on any atom is 0.421 e. The van der Waals surface area contributed by atoms with Crippen molar-refractivity contribution in [2.45, 2.75) is 20.0 Å². The molecule has 0 fully saturated rings. The second-order valence-electron chi connectivity index (χ2n) is 8.08. The molecule has 0 aliphatic rings. The van der Waals surface area contributed by atoms with Gasteiger partial charge in [-0.3, -0.25) is 9.63 Å². The molecule has 0 saturated carbocycles. The number of benzene rings is 2. The minimum atomic E-state index is -4.78. The quantitative estimate of drug-likeness (QED) is 0.207. The summed E-state index contributed by atoms with van der Waals surface area (Å²) in [6.45, 7) is 6.40. The summed E-state index contributed by atoms with van der Waals surface area (Å²) in [6, 6.07) is 8.54. The van der Waals surface area contributed by atoms with Gasteiger partial charge in [-0.15, -0.1) is 0 Å². The lowest BCUT2D eigenvalue weighted by atomic mass is 10.1. The van der Waals surface area contributed by atoms with E-state index in [9.17, 15) is 26.9 Å². The first-order chi connectivity index (χ1) is 16.8. The van der Waals surface area contributed by atoms with Crippen molar-refractivity contribution >= 4 is 41.5 Å². The molecule has 0 saturated heterocycles. The van der Waals surface area contributed by atoms with Crippen LogP contribution in [-0.2, 0) is 15.6 Å². The van der Waals surface area contributed by atoms with Crippen molar-refractivity contribution in [3.8, 4) is 0 Å². The highest BCUT2D eigenvalue weighted by Crippen LogP contribution is 2.40. The highest BCUT2D eigenvalue weighted by atomic mass is 31.2. The molecule has 0 unspecified atom stereocenters. The average Bonchev–Trinajstić information content (AvgIpc) is 2.78. The van der Waals surface area contributed by atoms with E-state index >= 15 is 0 Å². The maximum atomic E-state index is 14.6. The first kappa shape index (κ1) is 27.1. The first-order valence-corrected chi connectivity index (χ1v) is 13.3. The van der Waals surface area contributed by atoms with Crippen molar-refractivity contribution in [1.82, 2.24) is 15.4 Å². The summed E-state index contributed by atoms with van der Waals surface area (Å²) in [5.41, 5.74) is 1.42. The molecule has 3 rings (SSSR count). The van der Waals surface area contributed by atoms with Gasteiger partial charge in [0.1, 0.15) is 24.3 Å². The molecule has 13 heteroatoms. The van der Waals surface area contributed by atoms with Crippen LogP contribution in [0.2, 0.25) is 0 Å². The summed E-state index contributed by atoms with van der Waals surface area (Å²) in [4.78, 5) is 24.5. The molecular weight excluding hydrogens is 501 g/mol. The summed E-state index contributed by atoms with van der Waals surface area (Å²) < 4.78 is 68.2. The van der Waals surface area contributed by atoms with Gasteiger partial charge in [0, 0.05) is 17.2 Å². The fraction of sp³-hybridized carbons (Fsp3) is 0.261. The Bertz CT molecular complexity index is 1330. The number of anilines is 4. The molecule has 1 amide bonds. The highest BCUT2D eigenvalue weighted by molar-refractivity contribution is 7.70. The molecule has 0 aliphatic carbocycles. The standard InChI is InChI=1S/C23H24F4N5O3P/c1-5-35-32-21(33)14-10-13(2)18(11-16(14)24)30-22-28-12-15(23(25,26)27)20(31-22)29-17-8-6-7-9-19(17)36(3,4)34/h6-12H,5H2,1-4H3,(H,32,33)(H2,28,29,30,31). The molecule has 3 N–H and O–H groups in total. The van der Waals surface area contributed by atoms with Crippen LogP contribution in [0.1, 0.15) is 28.4 Å². The summed E-state index contributed by atoms with van der Waals surface area (Å²) in [7, 11) is -2.83. The van der Waals surface area contributed by atoms with Gasteiger partial charge in [0.25, 0.3) is 5.91 Å². The van der Waals surface area contributed by atoms with Crippen LogP contribution in [0.3, 0.4) is 0 Å². The predicted molar refractivity (Wildman–Crippen MR) is 129 cm³/mol. The van der Waals surface area contributed by atoms with Crippen molar-refractivity contribution in [3.63, 3.8) is 0 Å². The number of carbonyl (C=O) groups excluding carboxylic acids is 1. The second kappa shape index (κ2) is 10.6. The number of aromatic nitrogens is 2. The monoisotopic (exact) mass is 525 g/mol. The van der Waals surface area contributed by atoms with Crippen molar-refractivity contribution in [2.75, 3.05) is 30.6 Å². The number of halogens is 4. The third kappa shape index (κ3) is 6.38. The number of nitrogens with zero attached hydrogens (tertiary/aromatic N) is 2. The van der Waals surface area contributed by atoms with E-state index in [-0.39, 0.29) is 29.5 Å². The number of hydrogen-bond donors (Lipinski definition) is 3. The van der Waals surface area contributed by atoms with Gasteiger partial charge in [-0.25, -0.2) is 14.9 Å². The molecule has 0 aliphatic heterocycles. The van der Waals surface area contributed by atoms with E-state index in [2.05, 4.69) is 26.1 Å². The van der Waals surface area contributed by atoms with Gasteiger partial charge in [-0.05, 0) is 57.0 Å². The number of amides is 1. The zero-order valence-corrected chi connectivity index (χ0v) is 20.7. The molecule has 0 bridgehead atoms. The van der Waals surface area contributed by atoms with Gasteiger partial charge in [-0.1, -0.05) is 12.1 Å². The van der Waals surface area contributed by atoms with Crippen molar-refractivity contribution in [3.05, 3.63) is 65.1 Å². The Balaban J connectivity index is 1.99. The zero-order chi connectivity index (χ0) is 26.7. The van der Waals surface area contributed by atoms with E-state index in [1.165, 1.54) is 25.5 Å². The number of aryl methyl sites for hydroxylation is 1. The van der Waals surface area contributed by atoms with Crippen molar-refractivity contribution in [1.29, 1.82) is 0 Å². The number of rotatable bonds is 8. The topological polar surface area (TPSA) is 105 Å². The van der Waals surface area contributed by atoms with E-state index < -0.39 is 36.4 Å². The molecule has 36 heavy (non-hydrogen) atoms. The van der Waals surface area contributed by atoms with E-state index in [1.54, 1.807) is 32.0 Å². The van der Waals surface area contributed by atoms with Gasteiger partial charge in [-0.2, -0.15) is 18.2 Å². The lowest BCUT2D eigenvalue weighted by Crippen LogP contribution is -2.24. The van der Waals surface area contributed by atoms with Gasteiger partial charge in [0.05, 0.1) is 17.9 Å². The second-order valence-corrected chi connectivity index (χ2v) is 11.3. The highest BCUT2D eigenvalue weighted by Gasteiger charge is 2.36. The number of nitrogens with one attached hydrogen (secondary N) is 3. The van der Waals surface area contributed by atoms with E-state index in [1.807, 2.05) is 0 Å². The summed E-state index contributed by atoms with van der Waals surface area (Å²) in [5.74, 6) is -2.51. The minimum absolute atomic E-state index is 0.137. The number of para-hydroxylation sites is 1. The Morgan fingerprint density at radius 2 is 1.81 bits per heavy atom. The van der Waals surface area contributed by atoms with Gasteiger partial charge < -0.3 is 15.2 Å². The number of carbonyl (C=O) groups is 1. The SMILES string of the molecule is CCONC(=O)c1cc(C)c(Nc2ncc(C(F)(F)F)c(Nc3ccccc3P(C)(C)=O)n2)cc1F. The third-order valence-electron chi connectivity index (χ3n) is 4.95. The Labute approximate surface area is 204 Å². The molecule has 0 atom stereocenters. The van der Waals surface area contributed by atoms with Gasteiger partial charge in [0.15, 0.2) is 0 Å². The van der Waals surface area contributed by atoms with Gasteiger partial charge >= 0.3 is 6.18 Å². The van der Waals surface area contributed by atoms with Crippen LogP contribution < -0.4 is 21.4 Å². The molecule has 0 radical (unpaired) electrons. The fourth-order valence-electron chi connectivity index (χ4n) is 3.22. The normalized spacial score (nSPS) is 11.8. The van der Waals surface area contributed by atoms with Gasteiger partial charge in [0.2, 0.25) is 5.95 Å². The van der Waals surface area contributed by atoms with Crippen LogP contribution in [-0.4, -0.2) is 35.8 Å². The number of hydrogen-bond acceptors (Lipinski definition) is 7. The Kier molecular flexibility index (Phi) is 8.00. The largest absolute Gasteiger partial charge is 0.421 e. The Morgan fingerprint density at radius 1 is 1.11 bits per heavy atom. The van der Waals surface area contributed by atoms with Crippen molar-refractivity contribution < 1.29 is 31.8 Å². The van der Waals surface area contributed by atoms with Crippen LogP contribution in [0.5, 0.6) is 0 Å². The van der Waals surface area contributed by atoms with Crippen LogP contribution in [0.4, 0.5) is 40.7 Å². The molecule has 0 spiro atoms. The molecule has 8 nitrogen and oxygen atoms in total. The maximum absolute atomic E-state index is 14.6. The molecule has 1 aromatic heterocycles. The lowest BCUT2D eigenvalue weighted by Gasteiger charge is -2.18. The van der Waals surface area contributed by atoms with Crippen LogP contribution in [0, 0.1) is 12.7 Å². The molecular formula is C23H24F4N5O3P. The number of hydroxylamine groups is 1. The minimum Gasteiger partial charge on any atom is -0.339 e. The third-order valence-corrected chi connectivity index (χ3v) is 6.50. The first-order valence-electron chi connectivity index (χ1n) is 10.7. The zero-order valence-electron chi connectivity index (χ0n) is 19.8. The molecule has 3 aromatic rings. The summed E-state index contributed by atoms with van der Waals surface area (Å²) >= 11 is 0. The lowest BCUT2D eigenvalue weighted by molar-refractivity contribution is -0.137. The Morgan fingerprint density at radius 3 is 2.44 bits per heavy atom. The smallest absolute Gasteiger partial charge is 0.339 e.